The summed E-state index contributed by atoms with van der Waals surface area (Å²) in [5.41, 5.74) is 0. The fourth-order valence-corrected chi connectivity index (χ4v) is 3.90. The lowest BCUT2D eigenvalue weighted by Gasteiger charge is -2.23. The summed E-state index contributed by atoms with van der Waals surface area (Å²) in [5.74, 6) is -1.60. The Bertz CT molecular complexity index is 799. The van der Waals surface area contributed by atoms with E-state index in [1.54, 1.807) is 13.0 Å². The van der Waals surface area contributed by atoms with Crippen molar-refractivity contribution >= 4 is 21.5 Å². The molecule has 0 unspecified atom stereocenters. The quantitative estimate of drug-likeness (QED) is 0.764. The first kappa shape index (κ1) is 18.8. The molecule has 0 aliphatic heterocycles. The molecule has 0 amide bonds. The Balaban J connectivity index is 2.20. The highest BCUT2D eigenvalue weighted by Crippen LogP contribution is 2.32. The van der Waals surface area contributed by atoms with E-state index >= 15 is 0 Å². The van der Waals surface area contributed by atoms with Crippen LogP contribution >= 0.6 is 11.3 Å². The number of thiophene rings is 1. The number of aromatic nitrogens is 2. The smallest absolute Gasteiger partial charge is 0.329 e. The van der Waals surface area contributed by atoms with E-state index in [2.05, 4.69) is 14.7 Å². The van der Waals surface area contributed by atoms with Crippen LogP contribution in [-0.2, 0) is 22.9 Å². The number of hydrogen-bond donors (Lipinski definition) is 0. The molecule has 0 spiro atoms. The topological polar surface area (TPSA) is 79.5 Å². The molecule has 0 N–H and O–H groups in total. The van der Waals surface area contributed by atoms with Gasteiger partial charge >= 0.3 is 12.1 Å². The molecule has 2 heterocycles. The molecule has 2 aromatic heterocycles. The summed E-state index contributed by atoms with van der Waals surface area (Å²) in [7, 11) is -0.730. The highest BCUT2D eigenvalue weighted by molar-refractivity contribution is 7.86. The third kappa shape index (κ3) is 3.94. The molecule has 0 fully saturated rings. The van der Waals surface area contributed by atoms with E-state index in [-0.39, 0.29) is 18.9 Å². The average molecular weight is 384 g/mol. The van der Waals surface area contributed by atoms with Gasteiger partial charge in [0.25, 0.3) is 10.2 Å². The standard InChI is InChI=1S/C12H15F3N4O3S2/c1-4-19(24(20,21)18(2)3)7-8-5-6-9(23-8)10-16-11(22-17-10)12(13,14)15/h5-6H,4,7H2,1-3H3. The molecule has 0 atom stereocenters. The van der Waals surface area contributed by atoms with Crippen LogP contribution in [0.2, 0.25) is 0 Å². The number of rotatable bonds is 6. The van der Waals surface area contributed by atoms with Crippen LogP contribution in [0.1, 0.15) is 17.7 Å². The van der Waals surface area contributed by atoms with Crippen LogP contribution in [0, 0.1) is 0 Å². The van der Waals surface area contributed by atoms with Crippen molar-refractivity contribution < 1.29 is 26.1 Å². The molecule has 0 bridgehead atoms. The molecular weight excluding hydrogens is 369 g/mol. The maximum absolute atomic E-state index is 12.5. The summed E-state index contributed by atoms with van der Waals surface area (Å²) < 4.78 is 68.3. The molecule has 0 radical (unpaired) electrons. The summed E-state index contributed by atoms with van der Waals surface area (Å²) >= 11 is 1.10. The molecule has 24 heavy (non-hydrogen) atoms. The van der Waals surface area contributed by atoms with Crippen molar-refractivity contribution in [3.05, 3.63) is 22.9 Å². The summed E-state index contributed by atoms with van der Waals surface area (Å²) in [5, 5.41) is 3.31. The maximum atomic E-state index is 12.5. The van der Waals surface area contributed by atoms with E-state index in [4.69, 9.17) is 0 Å². The van der Waals surface area contributed by atoms with E-state index in [9.17, 15) is 21.6 Å². The predicted octanol–water partition coefficient (Wildman–Crippen LogP) is 2.45. The Hall–Kier alpha value is -1.50. The van der Waals surface area contributed by atoms with Gasteiger partial charge in [-0.05, 0) is 12.1 Å². The second-order valence-corrected chi connectivity index (χ2v) is 8.21. The van der Waals surface area contributed by atoms with Gasteiger partial charge in [0.1, 0.15) is 0 Å². The zero-order chi connectivity index (χ0) is 18.1. The van der Waals surface area contributed by atoms with E-state index in [1.807, 2.05) is 0 Å². The largest absolute Gasteiger partial charge is 0.471 e. The zero-order valence-electron chi connectivity index (χ0n) is 13.0. The second kappa shape index (κ2) is 6.78. The van der Waals surface area contributed by atoms with Crippen molar-refractivity contribution in [2.75, 3.05) is 20.6 Å². The van der Waals surface area contributed by atoms with Gasteiger partial charge in [0.15, 0.2) is 0 Å². The first-order chi connectivity index (χ1) is 11.1. The van der Waals surface area contributed by atoms with Crippen LogP contribution in [0.15, 0.2) is 16.7 Å². The van der Waals surface area contributed by atoms with Crippen molar-refractivity contribution in [1.82, 2.24) is 18.8 Å². The maximum Gasteiger partial charge on any atom is 0.471 e. The van der Waals surface area contributed by atoms with E-state index in [1.165, 1.54) is 24.5 Å². The van der Waals surface area contributed by atoms with Gasteiger partial charge < -0.3 is 4.52 Å². The molecule has 0 aromatic carbocycles. The minimum absolute atomic E-state index is 0.103. The fraction of sp³-hybridized carbons (Fsp3) is 0.500. The number of alkyl halides is 3. The highest BCUT2D eigenvalue weighted by Gasteiger charge is 2.38. The Morgan fingerprint density at radius 3 is 2.46 bits per heavy atom. The van der Waals surface area contributed by atoms with Crippen LogP contribution in [0.25, 0.3) is 10.7 Å². The molecule has 0 saturated heterocycles. The zero-order valence-corrected chi connectivity index (χ0v) is 14.7. The Morgan fingerprint density at radius 1 is 1.29 bits per heavy atom. The van der Waals surface area contributed by atoms with Gasteiger partial charge in [-0.3, -0.25) is 0 Å². The third-order valence-corrected chi connectivity index (χ3v) is 6.05. The van der Waals surface area contributed by atoms with Gasteiger partial charge in [-0.15, -0.1) is 11.3 Å². The van der Waals surface area contributed by atoms with E-state index < -0.39 is 22.3 Å². The molecule has 7 nitrogen and oxygen atoms in total. The third-order valence-electron chi connectivity index (χ3n) is 3.02. The van der Waals surface area contributed by atoms with Crippen LogP contribution in [-0.4, -0.2) is 47.8 Å². The van der Waals surface area contributed by atoms with Crippen LogP contribution in [0.3, 0.4) is 0 Å². The van der Waals surface area contributed by atoms with Crippen LogP contribution in [0.5, 0.6) is 0 Å². The minimum Gasteiger partial charge on any atom is -0.329 e. The first-order valence-corrected chi connectivity index (χ1v) is 8.94. The SMILES string of the molecule is CCN(Cc1ccc(-c2noc(C(F)(F)F)n2)s1)S(=O)(=O)N(C)C. The lowest BCUT2D eigenvalue weighted by Crippen LogP contribution is -2.39. The van der Waals surface area contributed by atoms with Gasteiger partial charge in [-0.1, -0.05) is 12.1 Å². The van der Waals surface area contributed by atoms with Gasteiger partial charge in [-0.2, -0.15) is 35.2 Å². The fourth-order valence-electron chi connectivity index (χ4n) is 1.78. The van der Waals surface area contributed by atoms with Gasteiger partial charge in [-0.25, -0.2) is 0 Å². The molecular formula is C12H15F3N4O3S2. The monoisotopic (exact) mass is 384 g/mol. The van der Waals surface area contributed by atoms with Crippen molar-refractivity contribution in [1.29, 1.82) is 0 Å². The lowest BCUT2D eigenvalue weighted by molar-refractivity contribution is -0.159. The van der Waals surface area contributed by atoms with E-state index in [0.717, 1.165) is 15.6 Å². The predicted molar refractivity (Wildman–Crippen MR) is 81.3 cm³/mol. The Labute approximate surface area is 140 Å². The first-order valence-electron chi connectivity index (χ1n) is 6.73. The Kier molecular flexibility index (Phi) is 5.32. The molecule has 2 rings (SSSR count). The molecule has 0 aliphatic carbocycles. The van der Waals surface area contributed by atoms with Gasteiger partial charge in [0, 0.05) is 32.1 Å². The molecule has 0 aliphatic rings. The normalized spacial score (nSPS) is 13.2. The van der Waals surface area contributed by atoms with Gasteiger partial charge in [0.2, 0.25) is 5.82 Å². The van der Waals surface area contributed by atoms with Crippen molar-refractivity contribution in [3.8, 4) is 10.7 Å². The highest BCUT2D eigenvalue weighted by atomic mass is 32.2. The lowest BCUT2D eigenvalue weighted by atomic mass is 10.4. The van der Waals surface area contributed by atoms with E-state index in [0.29, 0.717) is 9.75 Å². The van der Waals surface area contributed by atoms with Crippen LogP contribution < -0.4 is 0 Å². The molecule has 134 valence electrons. The molecule has 12 heteroatoms. The van der Waals surface area contributed by atoms with Crippen LogP contribution in [0.4, 0.5) is 13.2 Å². The Morgan fingerprint density at radius 2 is 1.96 bits per heavy atom. The summed E-state index contributed by atoms with van der Waals surface area (Å²) in [6.45, 7) is 2.06. The van der Waals surface area contributed by atoms with Gasteiger partial charge in [0.05, 0.1) is 4.88 Å². The summed E-state index contributed by atoms with van der Waals surface area (Å²) in [6, 6.07) is 3.15. The van der Waals surface area contributed by atoms with Crippen molar-refractivity contribution in [2.24, 2.45) is 0 Å². The summed E-state index contributed by atoms with van der Waals surface area (Å²) in [4.78, 5) is 4.32. The average Bonchev–Trinajstić information content (AvgIpc) is 3.12. The minimum atomic E-state index is -4.70. The number of hydrogen-bond acceptors (Lipinski definition) is 6. The molecule has 0 saturated carbocycles. The summed E-state index contributed by atoms with van der Waals surface area (Å²) in [6.07, 6.45) is -4.70. The molecule has 2 aromatic rings. The van der Waals surface area contributed by atoms with Crippen molar-refractivity contribution in [3.63, 3.8) is 0 Å². The second-order valence-electron chi connectivity index (χ2n) is 4.90. The van der Waals surface area contributed by atoms with Crippen molar-refractivity contribution in [2.45, 2.75) is 19.6 Å². The number of nitrogens with zero attached hydrogens (tertiary/aromatic N) is 4. The number of halogens is 3.